The van der Waals surface area contributed by atoms with E-state index in [1.807, 2.05) is 13.8 Å². The minimum Gasteiger partial charge on any atom is -0.382 e. The van der Waals surface area contributed by atoms with Crippen LogP contribution in [0.3, 0.4) is 0 Å². The molecule has 0 aromatic carbocycles. The fourth-order valence-corrected chi connectivity index (χ4v) is 3.78. The molecule has 0 aromatic rings. The number of methoxy groups -OCH3 is 3. The zero-order chi connectivity index (χ0) is 14.6. The lowest BCUT2D eigenvalue weighted by molar-refractivity contribution is 0.00990. The van der Waals surface area contributed by atoms with Gasteiger partial charge < -0.3 is 27.5 Å². The molecule has 19 heavy (non-hydrogen) atoms. The maximum atomic E-state index is 5.88. The highest BCUT2D eigenvalue weighted by molar-refractivity contribution is 6.62. The maximum Gasteiger partial charge on any atom is 0.503 e. The van der Waals surface area contributed by atoms with E-state index in [2.05, 4.69) is 0 Å². The van der Waals surface area contributed by atoms with E-state index in [4.69, 9.17) is 27.5 Å². The lowest BCUT2D eigenvalue weighted by atomic mass is 10.6. The van der Waals surface area contributed by atoms with Crippen molar-refractivity contribution in [3.8, 4) is 0 Å². The Morgan fingerprint density at radius 1 is 0.632 bits per heavy atom. The van der Waals surface area contributed by atoms with E-state index in [9.17, 15) is 0 Å². The normalized spacial score (nSPS) is 12.3. The summed E-state index contributed by atoms with van der Waals surface area (Å²) in [6, 6.07) is 0. The first kappa shape index (κ1) is 19.0. The average Bonchev–Trinajstić information content (AvgIpc) is 2.38. The Morgan fingerprint density at radius 3 is 1.16 bits per heavy atom. The van der Waals surface area contributed by atoms with Crippen molar-refractivity contribution in [3.05, 3.63) is 0 Å². The van der Waals surface area contributed by atoms with E-state index in [0.29, 0.717) is 39.6 Å². The van der Waals surface area contributed by atoms with Gasteiger partial charge in [-0.3, -0.25) is 0 Å². The van der Waals surface area contributed by atoms with Gasteiger partial charge in [-0.2, -0.15) is 0 Å². The van der Waals surface area contributed by atoms with Crippen LogP contribution in [0.2, 0.25) is 5.54 Å². The molecule has 0 aromatic heterocycles. The smallest absolute Gasteiger partial charge is 0.382 e. The van der Waals surface area contributed by atoms with Crippen molar-refractivity contribution in [3.63, 3.8) is 0 Å². The Bertz CT molecular complexity index is 176. The van der Waals surface area contributed by atoms with E-state index < -0.39 is 8.80 Å². The molecule has 116 valence electrons. The van der Waals surface area contributed by atoms with Crippen LogP contribution in [0.25, 0.3) is 0 Å². The van der Waals surface area contributed by atoms with Gasteiger partial charge in [-0.05, 0) is 0 Å². The molecular weight excluding hydrogens is 268 g/mol. The molecule has 0 bridgehead atoms. The van der Waals surface area contributed by atoms with E-state index in [0.717, 1.165) is 0 Å². The van der Waals surface area contributed by atoms with Crippen LogP contribution in [-0.4, -0.2) is 69.8 Å². The van der Waals surface area contributed by atoms with Crippen LogP contribution in [0.4, 0.5) is 0 Å². The molecule has 0 fully saturated rings. The monoisotopic (exact) mass is 296 g/mol. The highest BCUT2D eigenvalue weighted by Gasteiger charge is 2.45. The van der Waals surface area contributed by atoms with Crippen LogP contribution in [0.15, 0.2) is 0 Å². The molecule has 0 rings (SSSR count). The molecule has 0 aliphatic carbocycles. The van der Waals surface area contributed by atoms with Crippen molar-refractivity contribution >= 4 is 8.80 Å². The Labute approximate surface area is 117 Å². The minimum absolute atomic E-state index is 0.165. The van der Waals surface area contributed by atoms with Crippen molar-refractivity contribution in [2.75, 3.05) is 61.0 Å². The quantitative estimate of drug-likeness (QED) is 0.377. The van der Waals surface area contributed by atoms with Crippen LogP contribution in [-0.2, 0) is 27.5 Å². The topological polar surface area (TPSA) is 55.4 Å². The van der Waals surface area contributed by atoms with Crippen LogP contribution in [0, 0.1) is 0 Å². The summed E-state index contributed by atoms with van der Waals surface area (Å²) in [7, 11) is 2.19. The van der Waals surface area contributed by atoms with Gasteiger partial charge in [0.2, 0.25) is 0 Å². The molecule has 0 saturated carbocycles. The molecule has 0 amide bonds. The van der Waals surface area contributed by atoms with Crippen molar-refractivity contribution in [2.45, 2.75) is 19.4 Å². The van der Waals surface area contributed by atoms with Crippen LogP contribution in [0.1, 0.15) is 13.8 Å². The maximum absolute atomic E-state index is 5.88. The summed E-state index contributed by atoms with van der Waals surface area (Å²) in [5.41, 5.74) is 0.165. The molecule has 0 N–H and O–H groups in total. The lowest BCUT2D eigenvalue weighted by Gasteiger charge is -2.32. The summed E-state index contributed by atoms with van der Waals surface area (Å²) >= 11 is 0. The van der Waals surface area contributed by atoms with Crippen molar-refractivity contribution in [1.29, 1.82) is 0 Å². The summed E-state index contributed by atoms with van der Waals surface area (Å²) in [6.45, 7) is 7.01. The fraction of sp³-hybridized carbons (Fsp3) is 1.00. The van der Waals surface area contributed by atoms with Gasteiger partial charge in [0, 0.05) is 26.9 Å². The summed E-state index contributed by atoms with van der Waals surface area (Å²) in [5, 5.41) is 0. The Hall–Kier alpha value is -0.0231. The van der Waals surface area contributed by atoms with Crippen LogP contribution >= 0.6 is 0 Å². The zero-order valence-corrected chi connectivity index (χ0v) is 13.8. The van der Waals surface area contributed by atoms with E-state index in [1.165, 1.54) is 0 Å². The number of hydrogen-bond acceptors (Lipinski definition) is 6. The van der Waals surface area contributed by atoms with E-state index in [1.54, 1.807) is 21.3 Å². The van der Waals surface area contributed by atoms with Crippen molar-refractivity contribution in [1.82, 2.24) is 0 Å². The van der Waals surface area contributed by atoms with Gasteiger partial charge in [0.25, 0.3) is 0 Å². The SMILES string of the molecule is COCCO[Si](OCCOC)(OCCOC)C(C)C. The second kappa shape index (κ2) is 11.8. The second-order valence-electron chi connectivity index (χ2n) is 4.28. The molecule has 6 nitrogen and oxygen atoms in total. The van der Waals surface area contributed by atoms with Gasteiger partial charge in [0.05, 0.1) is 39.6 Å². The van der Waals surface area contributed by atoms with Crippen molar-refractivity contribution < 1.29 is 27.5 Å². The van der Waals surface area contributed by atoms with Gasteiger partial charge in [-0.15, -0.1) is 0 Å². The number of ether oxygens (including phenoxy) is 3. The van der Waals surface area contributed by atoms with E-state index >= 15 is 0 Å². The molecule has 0 unspecified atom stereocenters. The third-order valence-corrected chi connectivity index (χ3v) is 5.71. The van der Waals surface area contributed by atoms with Gasteiger partial charge in [-0.25, -0.2) is 0 Å². The molecule has 0 aliphatic rings. The summed E-state index contributed by atoms with van der Waals surface area (Å²) < 4.78 is 32.7. The average molecular weight is 296 g/mol. The standard InChI is InChI=1S/C12H28O6Si/c1-12(2)19(16-9-6-13-3,17-10-7-14-4)18-11-8-15-5/h12H,6-11H2,1-5H3. The molecule has 7 heteroatoms. The summed E-state index contributed by atoms with van der Waals surface area (Å²) in [6.07, 6.45) is 0. The predicted octanol–water partition coefficient (Wildman–Crippen LogP) is 1.32. The van der Waals surface area contributed by atoms with Gasteiger partial charge in [0.15, 0.2) is 0 Å². The fourth-order valence-electron chi connectivity index (χ4n) is 1.43. The summed E-state index contributed by atoms with van der Waals surface area (Å²) in [4.78, 5) is 0. The number of hydrogen-bond donors (Lipinski definition) is 0. The molecular formula is C12H28O6Si. The zero-order valence-electron chi connectivity index (χ0n) is 12.8. The van der Waals surface area contributed by atoms with Gasteiger partial charge >= 0.3 is 8.80 Å². The Morgan fingerprint density at radius 2 is 0.947 bits per heavy atom. The lowest BCUT2D eigenvalue weighted by Crippen LogP contribution is -2.50. The molecule has 0 saturated heterocycles. The molecule has 0 radical (unpaired) electrons. The van der Waals surface area contributed by atoms with E-state index in [-0.39, 0.29) is 5.54 Å². The largest absolute Gasteiger partial charge is 0.503 e. The van der Waals surface area contributed by atoms with Crippen LogP contribution in [0.5, 0.6) is 0 Å². The predicted molar refractivity (Wildman–Crippen MR) is 74.3 cm³/mol. The molecule has 0 atom stereocenters. The van der Waals surface area contributed by atoms with Crippen LogP contribution < -0.4 is 0 Å². The molecule has 0 heterocycles. The van der Waals surface area contributed by atoms with Gasteiger partial charge in [-0.1, -0.05) is 13.8 Å². The highest BCUT2D eigenvalue weighted by Crippen LogP contribution is 2.24. The Kier molecular flexibility index (Phi) is 11.8. The molecule has 0 aliphatic heterocycles. The second-order valence-corrected chi connectivity index (χ2v) is 7.51. The first-order valence-electron chi connectivity index (χ1n) is 6.51. The first-order chi connectivity index (χ1) is 9.13. The number of rotatable bonds is 13. The highest BCUT2D eigenvalue weighted by atomic mass is 28.4. The third-order valence-electron chi connectivity index (χ3n) is 2.48. The Balaban J connectivity index is 4.48. The summed E-state index contributed by atoms with van der Waals surface area (Å²) in [5.74, 6) is 0. The minimum atomic E-state index is -2.72. The third kappa shape index (κ3) is 7.98. The van der Waals surface area contributed by atoms with Crippen molar-refractivity contribution in [2.24, 2.45) is 0 Å². The first-order valence-corrected chi connectivity index (χ1v) is 8.31. The van der Waals surface area contributed by atoms with Gasteiger partial charge in [0.1, 0.15) is 0 Å². The molecule has 0 spiro atoms.